The van der Waals surface area contributed by atoms with E-state index in [1.807, 2.05) is 42.5 Å². The number of nitrogens with zero attached hydrogens (tertiary/aromatic N) is 4. The highest BCUT2D eigenvalue weighted by atomic mass is 32.2. The molecule has 0 bridgehead atoms. The number of hydrogen-bond acceptors (Lipinski definition) is 6. The Labute approximate surface area is 179 Å². The number of aromatic nitrogens is 3. The molecule has 1 unspecified atom stereocenters. The number of anilines is 1. The standard InChI is InChI=1S/C22H25N5O2S/c28-20(23-17-10-11-17)19(16-7-2-1-3-8-16)30-22-25-24-21(26-12-4-5-13-26)27(22)15-18-9-6-14-29-18/h1-3,6-9,14,17,19H,4-5,10-13,15H2,(H,23,28). The largest absolute Gasteiger partial charge is 0.467 e. The molecule has 1 aliphatic heterocycles. The summed E-state index contributed by atoms with van der Waals surface area (Å²) in [5.74, 6) is 1.72. The van der Waals surface area contributed by atoms with Gasteiger partial charge in [-0.25, -0.2) is 0 Å². The van der Waals surface area contributed by atoms with Gasteiger partial charge in [0.05, 0.1) is 12.8 Å². The van der Waals surface area contributed by atoms with Gasteiger partial charge >= 0.3 is 0 Å². The molecule has 1 aromatic carbocycles. The first-order valence-corrected chi connectivity index (χ1v) is 11.4. The van der Waals surface area contributed by atoms with Crippen LogP contribution in [0.4, 0.5) is 5.95 Å². The lowest BCUT2D eigenvalue weighted by atomic mass is 10.1. The molecule has 8 heteroatoms. The Hall–Kier alpha value is -2.74. The molecule has 5 rings (SSSR count). The Bertz CT molecular complexity index is 978. The predicted octanol–water partition coefficient (Wildman–Crippen LogP) is 3.63. The second-order valence-corrected chi connectivity index (χ2v) is 8.91. The number of thioether (sulfide) groups is 1. The molecule has 0 radical (unpaired) electrons. The van der Waals surface area contributed by atoms with E-state index in [0.717, 1.165) is 61.2 Å². The van der Waals surface area contributed by atoms with Gasteiger partial charge in [-0.2, -0.15) is 0 Å². The molecule has 1 aliphatic carbocycles. The minimum absolute atomic E-state index is 0.0315. The van der Waals surface area contributed by atoms with Crippen molar-refractivity contribution < 1.29 is 9.21 Å². The molecule has 2 fully saturated rings. The smallest absolute Gasteiger partial charge is 0.238 e. The Morgan fingerprint density at radius 2 is 1.93 bits per heavy atom. The summed E-state index contributed by atoms with van der Waals surface area (Å²) in [6, 6.07) is 14.1. The fourth-order valence-corrected chi connectivity index (χ4v) is 4.77. The zero-order chi connectivity index (χ0) is 20.3. The normalized spacial score (nSPS) is 17.3. The van der Waals surface area contributed by atoms with Crippen molar-refractivity contribution in [2.75, 3.05) is 18.0 Å². The highest BCUT2D eigenvalue weighted by Crippen LogP contribution is 2.37. The van der Waals surface area contributed by atoms with Gasteiger partial charge in [0.1, 0.15) is 11.0 Å². The van der Waals surface area contributed by atoms with Gasteiger partial charge in [0, 0.05) is 19.1 Å². The van der Waals surface area contributed by atoms with E-state index in [-0.39, 0.29) is 11.2 Å². The number of benzene rings is 1. The summed E-state index contributed by atoms with van der Waals surface area (Å²) < 4.78 is 7.67. The SMILES string of the molecule is O=C(NC1CC1)C(Sc1nnc(N2CCCC2)n1Cc1ccco1)c1ccccc1. The third-order valence-electron chi connectivity index (χ3n) is 5.47. The Morgan fingerprint density at radius 3 is 2.63 bits per heavy atom. The van der Waals surface area contributed by atoms with Crippen LogP contribution in [0.25, 0.3) is 0 Å². The maximum atomic E-state index is 13.1. The molecule has 1 atom stereocenters. The van der Waals surface area contributed by atoms with E-state index in [1.54, 1.807) is 6.26 Å². The third kappa shape index (κ3) is 4.23. The van der Waals surface area contributed by atoms with E-state index in [1.165, 1.54) is 11.8 Å². The minimum Gasteiger partial charge on any atom is -0.467 e. The number of hydrogen-bond donors (Lipinski definition) is 1. The summed E-state index contributed by atoms with van der Waals surface area (Å²) in [5.41, 5.74) is 0.968. The van der Waals surface area contributed by atoms with Crippen LogP contribution in [0.5, 0.6) is 0 Å². The van der Waals surface area contributed by atoms with Crippen LogP contribution in [-0.4, -0.2) is 39.8 Å². The van der Waals surface area contributed by atoms with Gasteiger partial charge in [0.15, 0.2) is 5.16 Å². The van der Waals surface area contributed by atoms with Crippen LogP contribution in [0.3, 0.4) is 0 Å². The lowest BCUT2D eigenvalue weighted by molar-refractivity contribution is -0.120. The van der Waals surface area contributed by atoms with Gasteiger partial charge in [-0.05, 0) is 43.4 Å². The number of carbonyl (C=O) groups excluding carboxylic acids is 1. The highest BCUT2D eigenvalue weighted by Gasteiger charge is 2.31. The van der Waals surface area contributed by atoms with E-state index in [9.17, 15) is 4.79 Å². The summed E-state index contributed by atoms with van der Waals surface area (Å²) in [6.07, 6.45) is 6.12. The average molecular weight is 424 g/mol. The first kappa shape index (κ1) is 19.2. The van der Waals surface area contributed by atoms with Gasteiger partial charge in [-0.3, -0.25) is 9.36 Å². The second-order valence-electron chi connectivity index (χ2n) is 7.83. The van der Waals surface area contributed by atoms with Crippen LogP contribution >= 0.6 is 11.8 Å². The Kier molecular flexibility index (Phi) is 5.48. The van der Waals surface area contributed by atoms with Crippen molar-refractivity contribution in [1.82, 2.24) is 20.1 Å². The third-order valence-corrected chi connectivity index (χ3v) is 6.70. The Morgan fingerprint density at radius 1 is 1.13 bits per heavy atom. The summed E-state index contributed by atoms with van der Waals surface area (Å²) in [7, 11) is 0. The topological polar surface area (TPSA) is 76.2 Å². The van der Waals surface area contributed by atoms with Gasteiger partial charge in [-0.1, -0.05) is 42.1 Å². The lowest BCUT2D eigenvalue weighted by Crippen LogP contribution is -2.30. The number of carbonyl (C=O) groups is 1. The second kappa shape index (κ2) is 8.55. The monoisotopic (exact) mass is 423 g/mol. The zero-order valence-corrected chi connectivity index (χ0v) is 17.6. The molecular weight excluding hydrogens is 398 g/mol. The van der Waals surface area contributed by atoms with Crippen LogP contribution in [0.1, 0.15) is 42.3 Å². The molecule has 1 saturated carbocycles. The van der Waals surface area contributed by atoms with Gasteiger partial charge in [0.2, 0.25) is 11.9 Å². The van der Waals surface area contributed by atoms with Crippen molar-refractivity contribution >= 4 is 23.6 Å². The molecule has 0 spiro atoms. The molecule has 156 valence electrons. The van der Waals surface area contributed by atoms with Crippen molar-refractivity contribution in [1.29, 1.82) is 0 Å². The number of amides is 1. The molecule has 30 heavy (non-hydrogen) atoms. The van der Waals surface area contributed by atoms with Gasteiger partial charge < -0.3 is 14.6 Å². The van der Waals surface area contributed by atoms with Crippen molar-refractivity contribution in [3.8, 4) is 0 Å². The van der Waals surface area contributed by atoms with Gasteiger partial charge in [0.25, 0.3) is 0 Å². The molecule has 7 nitrogen and oxygen atoms in total. The van der Waals surface area contributed by atoms with Crippen molar-refractivity contribution in [3.63, 3.8) is 0 Å². The van der Waals surface area contributed by atoms with E-state index < -0.39 is 0 Å². The van der Waals surface area contributed by atoms with Gasteiger partial charge in [-0.15, -0.1) is 10.2 Å². The van der Waals surface area contributed by atoms with Crippen LogP contribution in [-0.2, 0) is 11.3 Å². The summed E-state index contributed by atoms with van der Waals surface area (Å²) in [4.78, 5) is 15.3. The maximum absolute atomic E-state index is 13.1. The molecule has 1 amide bonds. The van der Waals surface area contributed by atoms with Crippen LogP contribution in [0, 0.1) is 0 Å². The molecule has 2 aromatic heterocycles. The zero-order valence-electron chi connectivity index (χ0n) is 16.7. The Balaban J connectivity index is 1.46. The number of rotatable bonds is 8. The van der Waals surface area contributed by atoms with E-state index in [2.05, 4.69) is 25.0 Å². The molecule has 2 aliphatic rings. The molecule has 3 aromatic rings. The van der Waals surface area contributed by atoms with Crippen molar-refractivity contribution in [3.05, 3.63) is 60.1 Å². The van der Waals surface area contributed by atoms with E-state index in [0.29, 0.717) is 12.6 Å². The van der Waals surface area contributed by atoms with Crippen LogP contribution in [0.2, 0.25) is 0 Å². The summed E-state index contributed by atoms with van der Waals surface area (Å²) in [5, 5.41) is 12.5. The van der Waals surface area contributed by atoms with E-state index in [4.69, 9.17) is 4.42 Å². The average Bonchev–Trinajstić information content (AvgIpc) is 3.19. The predicted molar refractivity (Wildman–Crippen MR) is 115 cm³/mol. The first-order valence-electron chi connectivity index (χ1n) is 10.5. The number of furan rings is 1. The molecular formula is C22H25N5O2S. The maximum Gasteiger partial charge on any atom is 0.238 e. The fraction of sp³-hybridized carbons (Fsp3) is 0.409. The first-order chi connectivity index (χ1) is 14.8. The fourth-order valence-electron chi connectivity index (χ4n) is 3.73. The molecule has 3 heterocycles. The van der Waals surface area contributed by atoms with Crippen LogP contribution < -0.4 is 10.2 Å². The van der Waals surface area contributed by atoms with Crippen molar-refractivity contribution in [2.24, 2.45) is 0 Å². The summed E-state index contributed by atoms with van der Waals surface area (Å²) >= 11 is 1.46. The minimum atomic E-state index is -0.377. The van der Waals surface area contributed by atoms with Crippen molar-refractivity contribution in [2.45, 2.75) is 48.7 Å². The molecule has 1 N–H and O–H groups in total. The quantitative estimate of drug-likeness (QED) is 0.558. The van der Waals surface area contributed by atoms with E-state index >= 15 is 0 Å². The van der Waals surface area contributed by atoms with Crippen LogP contribution in [0.15, 0.2) is 58.3 Å². The highest BCUT2D eigenvalue weighted by molar-refractivity contribution is 8.00. The summed E-state index contributed by atoms with van der Waals surface area (Å²) in [6.45, 7) is 2.50. The number of nitrogens with one attached hydrogen (secondary N) is 1. The molecule has 1 saturated heterocycles. The lowest BCUT2D eigenvalue weighted by Gasteiger charge is -2.20.